The number of nitrogens with zero attached hydrogens (tertiary/aromatic N) is 2. The maximum Gasteiger partial charge on any atom is 0.242 e. The fourth-order valence-corrected chi connectivity index (χ4v) is 3.58. The first-order chi connectivity index (χ1) is 10.2. The van der Waals surface area contributed by atoms with E-state index in [-0.39, 0.29) is 36.9 Å². The molecule has 1 aliphatic carbocycles. The highest BCUT2D eigenvalue weighted by atomic mass is 35.5. The van der Waals surface area contributed by atoms with E-state index in [1.165, 1.54) is 12.8 Å². The van der Waals surface area contributed by atoms with Gasteiger partial charge in [0.1, 0.15) is 0 Å². The van der Waals surface area contributed by atoms with Crippen molar-refractivity contribution in [3.05, 3.63) is 0 Å². The number of piperazine rings is 1. The van der Waals surface area contributed by atoms with Crippen molar-refractivity contribution < 1.29 is 14.3 Å². The van der Waals surface area contributed by atoms with Gasteiger partial charge in [-0.3, -0.25) is 9.59 Å². The molecule has 0 aromatic heterocycles. The number of halogens is 1. The maximum atomic E-state index is 12.3. The quantitative estimate of drug-likeness (QED) is 0.813. The van der Waals surface area contributed by atoms with E-state index in [1.54, 1.807) is 4.90 Å². The van der Waals surface area contributed by atoms with Crippen LogP contribution in [-0.4, -0.2) is 73.1 Å². The zero-order chi connectivity index (χ0) is 14.7. The highest BCUT2D eigenvalue weighted by Crippen LogP contribution is 2.25. The molecule has 0 aromatic rings. The Morgan fingerprint density at radius 1 is 1.27 bits per heavy atom. The van der Waals surface area contributed by atoms with Crippen LogP contribution >= 0.6 is 12.4 Å². The van der Waals surface area contributed by atoms with Crippen molar-refractivity contribution in [2.24, 2.45) is 0 Å². The smallest absolute Gasteiger partial charge is 0.242 e. The number of ether oxygens (including phenoxy) is 1. The van der Waals surface area contributed by atoms with Crippen LogP contribution < -0.4 is 5.32 Å². The second-order valence-electron chi connectivity index (χ2n) is 6.24. The highest BCUT2D eigenvalue weighted by Gasteiger charge is 2.33. The predicted octanol–water partition coefficient (Wildman–Crippen LogP) is 0.400. The first-order valence-corrected chi connectivity index (χ1v) is 8.13. The van der Waals surface area contributed by atoms with E-state index in [4.69, 9.17) is 4.74 Å². The Hall–Kier alpha value is -0.850. The SMILES string of the molecule is Cl.O=C(CC1CNCCO1)N1CCN(C2CCCC2)C(=O)C1. The zero-order valence-electron chi connectivity index (χ0n) is 13.0. The molecule has 0 spiro atoms. The number of carbonyl (C=O) groups excluding carboxylic acids is 2. The number of hydrogen-bond acceptors (Lipinski definition) is 4. The van der Waals surface area contributed by atoms with Crippen molar-refractivity contribution in [1.29, 1.82) is 0 Å². The largest absolute Gasteiger partial charge is 0.375 e. The van der Waals surface area contributed by atoms with Gasteiger partial charge in [0.05, 0.1) is 25.7 Å². The van der Waals surface area contributed by atoms with Gasteiger partial charge >= 0.3 is 0 Å². The van der Waals surface area contributed by atoms with Crippen molar-refractivity contribution in [3.8, 4) is 0 Å². The van der Waals surface area contributed by atoms with Crippen molar-refractivity contribution in [2.45, 2.75) is 44.2 Å². The van der Waals surface area contributed by atoms with Crippen LogP contribution in [0.25, 0.3) is 0 Å². The Labute approximate surface area is 137 Å². The molecule has 0 aromatic carbocycles. The number of morpholine rings is 1. The van der Waals surface area contributed by atoms with Crippen molar-refractivity contribution >= 4 is 24.2 Å². The molecule has 7 heteroatoms. The molecule has 1 unspecified atom stereocenters. The van der Waals surface area contributed by atoms with E-state index in [0.717, 1.165) is 25.9 Å². The Bertz CT molecular complexity index is 395. The van der Waals surface area contributed by atoms with Gasteiger partial charge in [-0.15, -0.1) is 12.4 Å². The normalized spacial score (nSPS) is 26.9. The molecule has 1 saturated carbocycles. The molecular weight excluding hydrogens is 306 g/mol. The first kappa shape index (κ1) is 17.5. The van der Waals surface area contributed by atoms with Gasteiger partial charge in [0, 0.05) is 32.2 Å². The van der Waals surface area contributed by atoms with Crippen LogP contribution in [0.4, 0.5) is 0 Å². The third kappa shape index (κ3) is 4.12. The van der Waals surface area contributed by atoms with Crippen LogP contribution in [-0.2, 0) is 14.3 Å². The van der Waals surface area contributed by atoms with E-state index < -0.39 is 0 Å². The van der Waals surface area contributed by atoms with Crippen molar-refractivity contribution in [2.75, 3.05) is 39.3 Å². The third-order valence-corrected chi connectivity index (χ3v) is 4.78. The summed E-state index contributed by atoms with van der Waals surface area (Å²) in [5, 5.41) is 3.23. The third-order valence-electron chi connectivity index (χ3n) is 4.78. The van der Waals surface area contributed by atoms with Gasteiger partial charge in [0.2, 0.25) is 11.8 Å². The second-order valence-corrected chi connectivity index (χ2v) is 6.24. The molecule has 3 fully saturated rings. The molecule has 0 radical (unpaired) electrons. The Balaban J connectivity index is 0.00000176. The van der Waals surface area contributed by atoms with Crippen molar-refractivity contribution in [3.63, 3.8) is 0 Å². The lowest BCUT2D eigenvalue weighted by Gasteiger charge is -2.38. The molecule has 6 nitrogen and oxygen atoms in total. The van der Waals surface area contributed by atoms with Crippen LogP contribution in [0.3, 0.4) is 0 Å². The lowest BCUT2D eigenvalue weighted by molar-refractivity contribution is -0.148. The zero-order valence-corrected chi connectivity index (χ0v) is 13.8. The Morgan fingerprint density at radius 2 is 2.05 bits per heavy atom. The Kier molecular flexibility index (Phi) is 6.47. The summed E-state index contributed by atoms with van der Waals surface area (Å²) in [4.78, 5) is 28.3. The summed E-state index contributed by atoms with van der Waals surface area (Å²) < 4.78 is 5.56. The fraction of sp³-hybridized carbons (Fsp3) is 0.867. The molecule has 126 valence electrons. The maximum absolute atomic E-state index is 12.3. The summed E-state index contributed by atoms with van der Waals surface area (Å²) in [6.45, 7) is 3.84. The van der Waals surface area contributed by atoms with Crippen LogP contribution in [0.5, 0.6) is 0 Å². The van der Waals surface area contributed by atoms with Gasteiger partial charge in [-0.2, -0.15) is 0 Å². The number of hydrogen-bond donors (Lipinski definition) is 1. The molecule has 1 N–H and O–H groups in total. The predicted molar refractivity (Wildman–Crippen MR) is 85.0 cm³/mol. The van der Waals surface area contributed by atoms with Crippen LogP contribution in [0.15, 0.2) is 0 Å². The molecule has 2 amide bonds. The minimum Gasteiger partial charge on any atom is -0.375 e. The Morgan fingerprint density at radius 3 is 2.68 bits per heavy atom. The first-order valence-electron chi connectivity index (χ1n) is 8.13. The molecule has 2 aliphatic heterocycles. The summed E-state index contributed by atoms with van der Waals surface area (Å²) in [6, 6.07) is 0.417. The van der Waals surface area contributed by atoms with Crippen LogP contribution in [0.2, 0.25) is 0 Å². The average Bonchev–Trinajstić information content (AvgIpc) is 3.02. The molecular formula is C15H26ClN3O3. The minimum atomic E-state index is -0.0470. The average molecular weight is 332 g/mol. The van der Waals surface area contributed by atoms with E-state index in [1.807, 2.05) is 4.90 Å². The number of rotatable bonds is 3. The fourth-order valence-electron chi connectivity index (χ4n) is 3.58. The highest BCUT2D eigenvalue weighted by molar-refractivity contribution is 5.86. The number of carbonyl (C=O) groups is 2. The number of amides is 2. The molecule has 1 atom stereocenters. The van der Waals surface area contributed by atoms with Gasteiger partial charge < -0.3 is 19.9 Å². The molecule has 22 heavy (non-hydrogen) atoms. The number of nitrogens with one attached hydrogen (secondary N) is 1. The summed E-state index contributed by atoms with van der Waals surface area (Å²) in [7, 11) is 0. The summed E-state index contributed by atoms with van der Waals surface area (Å²) in [5.74, 6) is 0.160. The van der Waals surface area contributed by atoms with E-state index in [2.05, 4.69) is 5.32 Å². The summed E-state index contributed by atoms with van der Waals surface area (Å²) in [5.41, 5.74) is 0. The van der Waals surface area contributed by atoms with E-state index >= 15 is 0 Å². The van der Waals surface area contributed by atoms with E-state index in [9.17, 15) is 9.59 Å². The molecule has 3 aliphatic rings. The van der Waals surface area contributed by atoms with Gasteiger partial charge in [-0.25, -0.2) is 0 Å². The topological polar surface area (TPSA) is 61.9 Å². The minimum absolute atomic E-state index is 0. The summed E-state index contributed by atoms with van der Waals surface area (Å²) in [6.07, 6.45) is 5.03. The van der Waals surface area contributed by atoms with Crippen molar-refractivity contribution in [1.82, 2.24) is 15.1 Å². The lowest BCUT2D eigenvalue weighted by atomic mass is 10.1. The molecule has 0 bridgehead atoms. The second kappa shape index (κ2) is 8.13. The summed E-state index contributed by atoms with van der Waals surface area (Å²) >= 11 is 0. The standard InChI is InChI=1S/C15H25N3O3.ClH/c19-14(9-13-10-16-5-8-21-13)17-6-7-18(15(20)11-17)12-3-1-2-4-12;/h12-13,16H,1-11H2;1H. The van der Waals surface area contributed by atoms with Gasteiger partial charge in [0.15, 0.2) is 0 Å². The lowest BCUT2D eigenvalue weighted by Crippen LogP contribution is -2.55. The van der Waals surface area contributed by atoms with Gasteiger partial charge in [0.25, 0.3) is 0 Å². The molecule has 3 rings (SSSR count). The van der Waals surface area contributed by atoms with Crippen LogP contribution in [0.1, 0.15) is 32.1 Å². The van der Waals surface area contributed by atoms with Crippen LogP contribution in [0, 0.1) is 0 Å². The van der Waals surface area contributed by atoms with E-state index in [0.29, 0.717) is 32.2 Å². The van der Waals surface area contributed by atoms with Gasteiger partial charge in [-0.1, -0.05) is 12.8 Å². The molecule has 2 heterocycles. The monoisotopic (exact) mass is 331 g/mol. The molecule has 2 saturated heterocycles. The van der Waals surface area contributed by atoms with Gasteiger partial charge in [-0.05, 0) is 12.8 Å².